The van der Waals surface area contributed by atoms with Gasteiger partial charge in [0.05, 0.1) is 18.9 Å². The molecular formula is C13H14N4O3S. The van der Waals surface area contributed by atoms with Gasteiger partial charge in [0.15, 0.2) is 11.5 Å². The van der Waals surface area contributed by atoms with Crippen LogP contribution in [-0.4, -0.2) is 32.9 Å². The van der Waals surface area contributed by atoms with E-state index in [4.69, 9.17) is 22.7 Å². The Hall–Kier alpha value is -2.61. The molecule has 7 nitrogen and oxygen atoms in total. The molecule has 0 saturated heterocycles. The molecule has 0 aliphatic heterocycles. The number of carbonyl (C=O) groups excluding carboxylic acids is 1. The van der Waals surface area contributed by atoms with Gasteiger partial charge in [-0.3, -0.25) is 9.48 Å². The number of nitrogens with zero attached hydrogens (tertiary/aromatic N) is 2. The molecule has 0 aliphatic rings. The number of nitrogens with two attached hydrogens (primary N) is 1. The number of aromatic nitrogens is 2. The van der Waals surface area contributed by atoms with Crippen LogP contribution < -0.4 is 15.8 Å². The fourth-order valence-corrected chi connectivity index (χ4v) is 1.93. The highest BCUT2D eigenvalue weighted by molar-refractivity contribution is 7.80. The molecule has 2 aromatic rings. The minimum atomic E-state index is -0.422. The average Bonchev–Trinajstić information content (AvgIpc) is 2.80. The number of aryl methyl sites for hydroxylation is 1. The van der Waals surface area contributed by atoms with Gasteiger partial charge in [-0.05, 0) is 18.2 Å². The number of benzene rings is 1. The SMILES string of the molecule is COc1ccc(C(=O)Nc2c(C(N)=S)cnn2C)cc1O. The van der Waals surface area contributed by atoms with Crippen molar-refractivity contribution in [2.75, 3.05) is 12.4 Å². The first-order valence-electron chi connectivity index (χ1n) is 5.94. The van der Waals surface area contributed by atoms with Gasteiger partial charge in [-0.1, -0.05) is 12.2 Å². The van der Waals surface area contributed by atoms with Gasteiger partial charge >= 0.3 is 0 Å². The third kappa shape index (κ3) is 2.95. The Morgan fingerprint density at radius 3 is 2.81 bits per heavy atom. The van der Waals surface area contributed by atoms with Crippen molar-refractivity contribution in [2.24, 2.45) is 12.8 Å². The van der Waals surface area contributed by atoms with Crippen molar-refractivity contribution >= 4 is 28.9 Å². The maximum atomic E-state index is 12.2. The van der Waals surface area contributed by atoms with E-state index in [0.29, 0.717) is 11.4 Å². The minimum Gasteiger partial charge on any atom is -0.504 e. The Balaban J connectivity index is 2.28. The van der Waals surface area contributed by atoms with E-state index < -0.39 is 5.91 Å². The van der Waals surface area contributed by atoms with Crippen LogP contribution in [0.15, 0.2) is 24.4 Å². The fourth-order valence-electron chi connectivity index (χ4n) is 1.78. The van der Waals surface area contributed by atoms with Crippen molar-refractivity contribution in [1.82, 2.24) is 9.78 Å². The van der Waals surface area contributed by atoms with Gasteiger partial charge < -0.3 is 20.9 Å². The average molecular weight is 306 g/mol. The molecular weight excluding hydrogens is 292 g/mol. The molecule has 0 atom stereocenters. The van der Waals surface area contributed by atoms with E-state index in [1.165, 1.54) is 36.2 Å². The Morgan fingerprint density at radius 1 is 1.52 bits per heavy atom. The van der Waals surface area contributed by atoms with E-state index in [2.05, 4.69) is 10.4 Å². The lowest BCUT2D eigenvalue weighted by molar-refractivity contribution is 0.102. The molecule has 1 aromatic carbocycles. The summed E-state index contributed by atoms with van der Waals surface area (Å²) in [5.41, 5.74) is 6.31. The summed E-state index contributed by atoms with van der Waals surface area (Å²) in [6.45, 7) is 0. The molecule has 0 aliphatic carbocycles. The van der Waals surface area contributed by atoms with Gasteiger partial charge in [0.1, 0.15) is 10.8 Å². The molecule has 0 spiro atoms. The summed E-state index contributed by atoms with van der Waals surface area (Å²) in [6, 6.07) is 4.34. The number of amides is 1. The predicted octanol–water partition coefficient (Wildman–Crippen LogP) is 1.02. The zero-order valence-corrected chi connectivity index (χ0v) is 12.3. The number of hydrogen-bond acceptors (Lipinski definition) is 5. The zero-order chi connectivity index (χ0) is 15.6. The van der Waals surface area contributed by atoms with Crippen LogP contribution in [0.3, 0.4) is 0 Å². The summed E-state index contributed by atoms with van der Waals surface area (Å²) in [7, 11) is 3.09. The summed E-state index contributed by atoms with van der Waals surface area (Å²) in [4.78, 5) is 12.3. The van der Waals surface area contributed by atoms with Crippen LogP contribution >= 0.6 is 12.2 Å². The molecule has 2 rings (SSSR count). The monoisotopic (exact) mass is 306 g/mol. The van der Waals surface area contributed by atoms with Crippen molar-refractivity contribution in [3.8, 4) is 11.5 Å². The normalized spacial score (nSPS) is 10.2. The number of thiocarbonyl (C=S) groups is 1. The summed E-state index contributed by atoms with van der Waals surface area (Å²) >= 11 is 4.90. The Kier molecular flexibility index (Phi) is 4.08. The molecule has 1 aromatic heterocycles. The van der Waals surface area contributed by atoms with Gasteiger partial charge in [0.2, 0.25) is 0 Å². The zero-order valence-electron chi connectivity index (χ0n) is 11.5. The molecule has 4 N–H and O–H groups in total. The maximum Gasteiger partial charge on any atom is 0.256 e. The lowest BCUT2D eigenvalue weighted by atomic mass is 10.2. The highest BCUT2D eigenvalue weighted by Crippen LogP contribution is 2.26. The third-order valence-corrected chi connectivity index (χ3v) is 3.10. The van der Waals surface area contributed by atoms with E-state index >= 15 is 0 Å². The Morgan fingerprint density at radius 2 is 2.24 bits per heavy atom. The number of hydrogen-bond donors (Lipinski definition) is 3. The highest BCUT2D eigenvalue weighted by Gasteiger charge is 2.16. The van der Waals surface area contributed by atoms with E-state index in [9.17, 15) is 9.90 Å². The molecule has 1 amide bonds. The quantitative estimate of drug-likeness (QED) is 0.729. The lowest BCUT2D eigenvalue weighted by Crippen LogP contribution is -2.18. The second-order valence-electron chi connectivity index (χ2n) is 4.24. The Bertz CT molecular complexity index is 711. The number of nitrogens with one attached hydrogen (secondary N) is 1. The largest absolute Gasteiger partial charge is 0.504 e. The summed E-state index contributed by atoms with van der Waals surface area (Å²) in [6.07, 6.45) is 1.48. The van der Waals surface area contributed by atoms with Crippen molar-refractivity contribution in [1.29, 1.82) is 0 Å². The van der Waals surface area contributed by atoms with Gasteiger partial charge in [0, 0.05) is 12.6 Å². The lowest BCUT2D eigenvalue weighted by Gasteiger charge is -2.09. The molecule has 110 valence electrons. The van der Waals surface area contributed by atoms with Crippen LogP contribution in [0.25, 0.3) is 0 Å². The van der Waals surface area contributed by atoms with Crippen molar-refractivity contribution in [3.05, 3.63) is 35.5 Å². The first-order valence-corrected chi connectivity index (χ1v) is 6.35. The first-order chi connectivity index (χ1) is 9.93. The Labute approximate surface area is 126 Å². The van der Waals surface area contributed by atoms with Crippen LogP contribution in [0, 0.1) is 0 Å². The molecule has 8 heteroatoms. The minimum absolute atomic E-state index is 0.121. The van der Waals surface area contributed by atoms with Crippen LogP contribution in [-0.2, 0) is 7.05 Å². The number of methoxy groups -OCH3 is 1. The number of anilines is 1. The third-order valence-electron chi connectivity index (χ3n) is 2.88. The van der Waals surface area contributed by atoms with Gasteiger partial charge in [0.25, 0.3) is 5.91 Å². The molecule has 21 heavy (non-hydrogen) atoms. The second kappa shape index (κ2) is 5.80. The maximum absolute atomic E-state index is 12.2. The number of aromatic hydroxyl groups is 1. The van der Waals surface area contributed by atoms with Gasteiger partial charge in [-0.15, -0.1) is 0 Å². The number of rotatable bonds is 4. The predicted molar refractivity (Wildman–Crippen MR) is 81.7 cm³/mol. The number of carbonyl (C=O) groups is 1. The van der Waals surface area contributed by atoms with E-state index in [1.807, 2.05) is 0 Å². The number of phenols is 1. The van der Waals surface area contributed by atoms with E-state index in [0.717, 1.165) is 0 Å². The number of ether oxygens (including phenoxy) is 1. The van der Waals surface area contributed by atoms with E-state index in [1.54, 1.807) is 7.05 Å². The molecule has 0 saturated carbocycles. The second-order valence-corrected chi connectivity index (χ2v) is 4.68. The smallest absolute Gasteiger partial charge is 0.256 e. The molecule has 0 fully saturated rings. The summed E-state index contributed by atoms with van der Waals surface area (Å²) in [5, 5.41) is 16.4. The van der Waals surface area contributed by atoms with Crippen molar-refractivity contribution < 1.29 is 14.6 Å². The molecule has 0 unspecified atom stereocenters. The summed E-state index contributed by atoms with van der Waals surface area (Å²) in [5.74, 6) is 0.137. The van der Waals surface area contributed by atoms with Crippen molar-refractivity contribution in [2.45, 2.75) is 0 Å². The molecule has 0 bridgehead atoms. The highest BCUT2D eigenvalue weighted by atomic mass is 32.1. The summed E-state index contributed by atoms with van der Waals surface area (Å²) < 4.78 is 6.38. The first kappa shape index (κ1) is 14.8. The van der Waals surface area contributed by atoms with E-state index in [-0.39, 0.29) is 22.1 Å². The van der Waals surface area contributed by atoms with Crippen LogP contribution in [0.4, 0.5) is 5.82 Å². The number of phenolic OH excluding ortho intramolecular Hbond substituents is 1. The van der Waals surface area contributed by atoms with Crippen LogP contribution in [0.5, 0.6) is 11.5 Å². The fraction of sp³-hybridized carbons (Fsp3) is 0.154. The topological polar surface area (TPSA) is 102 Å². The van der Waals surface area contributed by atoms with Crippen LogP contribution in [0.2, 0.25) is 0 Å². The molecule has 1 heterocycles. The van der Waals surface area contributed by atoms with Crippen molar-refractivity contribution in [3.63, 3.8) is 0 Å². The van der Waals surface area contributed by atoms with Gasteiger partial charge in [-0.25, -0.2) is 0 Å². The van der Waals surface area contributed by atoms with Gasteiger partial charge in [-0.2, -0.15) is 5.10 Å². The van der Waals surface area contributed by atoms with Crippen LogP contribution in [0.1, 0.15) is 15.9 Å². The standard InChI is InChI=1S/C13H14N4O3S/c1-17-12(8(6-15-17)11(14)21)16-13(19)7-3-4-10(20-2)9(18)5-7/h3-6,18H,1-2H3,(H2,14,21)(H,16,19). The molecule has 0 radical (unpaired) electrons.